The van der Waals surface area contributed by atoms with Gasteiger partial charge >= 0.3 is 0 Å². The van der Waals surface area contributed by atoms with Gasteiger partial charge in [-0.05, 0) is 53.2 Å². The van der Waals surface area contributed by atoms with Crippen LogP contribution in [0.4, 0.5) is 5.69 Å². The summed E-state index contributed by atoms with van der Waals surface area (Å²) in [7, 11) is -3.24. The van der Waals surface area contributed by atoms with Gasteiger partial charge in [0.25, 0.3) is 0 Å². The molecule has 0 saturated heterocycles. The van der Waals surface area contributed by atoms with E-state index in [2.05, 4.69) is 21.2 Å². The van der Waals surface area contributed by atoms with Gasteiger partial charge in [-0.25, -0.2) is 8.42 Å². The number of sulfone groups is 1. The molecule has 1 atom stereocenters. The van der Waals surface area contributed by atoms with Crippen LogP contribution in [0.1, 0.15) is 17.8 Å². The molecule has 1 unspecified atom stereocenters. The molecule has 0 saturated carbocycles. The number of anilines is 1. The quantitative estimate of drug-likeness (QED) is 0.814. The average Bonchev–Trinajstić information content (AvgIpc) is 2.77. The van der Waals surface area contributed by atoms with Gasteiger partial charge in [0.15, 0.2) is 9.84 Å². The number of hydrogen-bond acceptors (Lipinski definition) is 4. The lowest BCUT2D eigenvalue weighted by atomic mass is 10.2. The Morgan fingerprint density at radius 3 is 2.55 bits per heavy atom. The second-order valence-corrected chi connectivity index (χ2v) is 9.34. The molecular weight excluding hydrogens is 382 g/mol. The smallest absolute Gasteiger partial charge is 0.175 e. The fourth-order valence-corrected chi connectivity index (χ4v) is 3.96. The van der Waals surface area contributed by atoms with E-state index >= 15 is 0 Å². The predicted molar refractivity (Wildman–Crippen MR) is 88.6 cm³/mol. The molecule has 0 amide bonds. The lowest BCUT2D eigenvalue weighted by molar-refractivity contribution is 0.602. The molecule has 1 heterocycles. The van der Waals surface area contributed by atoms with Gasteiger partial charge in [0.1, 0.15) is 0 Å². The Kier molecular flexibility index (Phi) is 4.79. The van der Waals surface area contributed by atoms with E-state index in [1.807, 2.05) is 19.1 Å². The van der Waals surface area contributed by atoms with Crippen LogP contribution in [0.25, 0.3) is 0 Å². The van der Waals surface area contributed by atoms with E-state index < -0.39 is 9.84 Å². The van der Waals surface area contributed by atoms with Crippen molar-refractivity contribution in [2.24, 2.45) is 0 Å². The zero-order valence-electron chi connectivity index (χ0n) is 10.9. The summed E-state index contributed by atoms with van der Waals surface area (Å²) in [6, 6.07) is 8.70. The fourth-order valence-electron chi connectivity index (χ4n) is 1.71. The highest BCUT2D eigenvalue weighted by molar-refractivity contribution is 9.11. The maximum atomic E-state index is 11.6. The molecule has 0 bridgehead atoms. The molecule has 0 fully saturated rings. The van der Waals surface area contributed by atoms with Crippen molar-refractivity contribution in [2.75, 3.05) is 11.6 Å². The Bertz CT molecular complexity index is 728. The molecule has 1 aromatic carbocycles. The van der Waals surface area contributed by atoms with Crippen LogP contribution in [-0.4, -0.2) is 14.7 Å². The van der Waals surface area contributed by atoms with Crippen LogP contribution < -0.4 is 5.32 Å². The third-order valence-electron chi connectivity index (χ3n) is 2.76. The molecule has 0 aliphatic heterocycles. The molecule has 108 valence electrons. The van der Waals surface area contributed by atoms with E-state index in [9.17, 15) is 8.42 Å². The molecule has 7 heteroatoms. The zero-order chi connectivity index (χ0) is 14.9. The van der Waals surface area contributed by atoms with Crippen molar-refractivity contribution in [3.05, 3.63) is 44.0 Å². The Hall–Kier alpha value is -0.560. The second kappa shape index (κ2) is 6.05. The minimum atomic E-state index is -3.24. The van der Waals surface area contributed by atoms with E-state index in [1.165, 1.54) is 12.3 Å². The fraction of sp³-hybridized carbons (Fsp3) is 0.231. The summed E-state index contributed by atoms with van der Waals surface area (Å²) >= 11 is 11.2. The van der Waals surface area contributed by atoms with E-state index in [0.29, 0.717) is 10.7 Å². The molecule has 0 spiro atoms. The second-order valence-electron chi connectivity index (χ2n) is 4.42. The maximum absolute atomic E-state index is 11.6. The van der Waals surface area contributed by atoms with Gasteiger partial charge < -0.3 is 5.32 Å². The highest BCUT2D eigenvalue weighted by atomic mass is 79.9. The summed E-state index contributed by atoms with van der Waals surface area (Å²) in [4.78, 5) is 1.39. The summed E-state index contributed by atoms with van der Waals surface area (Å²) < 4.78 is 24.2. The molecule has 0 radical (unpaired) electrons. The van der Waals surface area contributed by atoms with Crippen LogP contribution in [0, 0.1) is 0 Å². The third kappa shape index (κ3) is 3.75. The summed E-state index contributed by atoms with van der Waals surface area (Å²) in [6.07, 6.45) is 1.18. The van der Waals surface area contributed by atoms with Crippen molar-refractivity contribution in [1.29, 1.82) is 0 Å². The lowest BCUT2D eigenvalue weighted by Crippen LogP contribution is -2.06. The van der Waals surface area contributed by atoms with Gasteiger partial charge in [-0.3, -0.25) is 0 Å². The highest BCUT2D eigenvalue weighted by Crippen LogP contribution is 2.32. The largest absolute Gasteiger partial charge is 0.376 e. The SMILES string of the molecule is CC(Nc1cc(S(C)(=O)=O)ccc1Cl)c1ccc(Br)s1. The van der Waals surface area contributed by atoms with Gasteiger partial charge in [-0.2, -0.15) is 0 Å². The van der Waals surface area contributed by atoms with Crippen LogP contribution in [0.5, 0.6) is 0 Å². The van der Waals surface area contributed by atoms with Gasteiger partial charge in [0, 0.05) is 11.1 Å². The van der Waals surface area contributed by atoms with E-state index in [0.717, 1.165) is 8.66 Å². The summed E-state index contributed by atoms with van der Waals surface area (Å²) in [6.45, 7) is 2.00. The van der Waals surface area contributed by atoms with Crippen LogP contribution in [0.3, 0.4) is 0 Å². The van der Waals surface area contributed by atoms with Crippen LogP contribution >= 0.6 is 38.9 Å². The zero-order valence-corrected chi connectivity index (χ0v) is 14.8. The van der Waals surface area contributed by atoms with Gasteiger partial charge in [0.2, 0.25) is 0 Å². The molecule has 1 N–H and O–H groups in total. The Labute approximate surface area is 136 Å². The first kappa shape index (κ1) is 15.8. The van der Waals surface area contributed by atoms with Gasteiger partial charge in [0.05, 0.1) is 25.4 Å². The number of benzene rings is 1. The summed E-state index contributed by atoms with van der Waals surface area (Å²) in [5.41, 5.74) is 0.617. The first-order valence-electron chi connectivity index (χ1n) is 5.79. The van der Waals surface area contributed by atoms with Crippen LogP contribution in [0.2, 0.25) is 5.02 Å². The van der Waals surface area contributed by atoms with Crippen molar-refractivity contribution in [3.8, 4) is 0 Å². The molecule has 3 nitrogen and oxygen atoms in total. The Morgan fingerprint density at radius 1 is 1.30 bits per heavy atom. The third-order valence-corrected chi connectivity index (χ3v) is 6.00. The normalized spacial score (nSPS) is 13.2. The number of hydrogen-bond donors (Lipinski definition) is 1. The molecule has 2 aromatic rings. The van der Waals surface area contributed by atoms with Crippen molar-refractivity contribution < 1.29 is 8.42 Å². The molecule has 20 heavy (non-hydrogen) atoms. The van der Waals surface area contributed by atoms with Crippen molar-refractivity contribution in [3.63, 3.8) is 0 Å². The number of rotatable bonds is 4. The van der Waals surface area contributed by atoms with E-state index in [4.69, 9.17) is 11.6 Å². The Morgan fingerprint density at radius 2 is 2.00 bits per heavy atom. The van der Waals surface area contributed by atoms with Crippen LogP contribution in [0.15, 0.2) is 39.0 Å². The van der Waals surface area contributed by atoms with E-state index in [1.54, 1.807) is 23.5 Å². The molecular formula is C13H13BrClNO2S2. The highest BCUT2D eigenvalue weighted by Gasteiger charge is 2.13. The molecule has 0 aliphatic rings. The number of halogens is 2. The van der Waals surface area contributed by atoms with Gasteiger partial charge in [-0.1, -0.05) is 11.6 Å². The molecule has 1 aromatic heterocycles. The summed E-state index contributed by atoms with van der Waals surface area (Å²) in [5, 5.41) is 3.75. The van der Waals surface area contributed by atoms with Crippen molar-refractivity contribution in [1.82, 2.24) is 0 Å². The minimum Gasteiger partial charge on any atom is -0.376 e. The molecule has 0 aliphatic carbocycles. The van der Waals surface area contributed by atoms with E-state index in [-0.39, 0.29) is 10.9 Å². The first-order chi connectivity index (χ1) is 9.27. The lowest BCUT2D eigenvalue weighted by Gasteiger charge is -2.15. The van der Waals surface area contributed by atoms with Gasteiger partial charge in [-0.15, -0.1) is 11.3 Å². The van der Waals surface area contributed by atoms with Crippen molar-refractivity contribution in [2.45, 2.75) is 17.9 Å². The average molecular weight is 395 g/mol. The number of nitrogens with one attached hydrogen (secondary N) is 1. The standard InChI is InChI=1S/C13H13BrClNO2S2/c1-8(12-5-6-13(14)19-12)16-11-7-9(20(2,17)18)3-4-10(11)15/h3-8,16H,1-2H3. The minimum absolute atomic E-state index is 0.0404. The predicted octanol–water partition coefficient (Wildman–Crippen LogP) is 4.74. The topological polar surface area (TPSA) is 46.2 Å². The number of thiophene rings is 1. The summed E-state index contributed by atoms with van der Waals surface area (Å²) in [5.74, 6) is 0. The van der Waals surface area contributed by atoms with Crippen LogP contribution in [-0.2, 0) is 9.84 Å². The maximum Gasteiger partial charge on any atom is 0.175 e. The molecule has 2 rings (SSSR count). The first-order valence-corrected chi connectivity index (χ1v) is 9.66. The monoisotopic (exact) mass is 393 g/mol. The van der Waals surface area contributed by atoms with Crippen molar-refractivity contribution >= 4 is 54.4 Å². The Balaban J connectivity index is 2.29.